The van der Waals surface area contributed by atoms with Crippen molar-refractivity contribution in [1.29, 1.82) is 0 Å². The Morgan fingerprint density at radius 3 is 2.38 bits per heavy atom. The van der Waals surface area contributed by atoms with Crippen molar-refractivity contribution in [1.82, 2.24) is 9.38 Å². The van der Waals surface area contributed by atoms with Crippen LogP contribution < -0.4 is 5.32 Å². The lowest BCUT2D eigenvalue weighted by atomic mass is 10.1. The summed E-state index contributed by atoms with van der Waals surface area (Å²) in [6.45, 7) is 1.60. The van der Waals surface area contributed by atoms with Crippen LogP contribution in [0.1, 0.15) is 34.2 Å². The predicted octanol–water partition coefficient (Wildman–Crippen LogP) is 5.84. The summed E-state index contributed by atoms with van der Waals surface area (Å²) < 4.78 is 79.7. The summed E-state index contributed by atoms with van der Waals surface area (Å²) in [5, 5.41) is 1.78. The number of alkyl halides is 6. The van der Waals surface area contributed by atoms with Crippen LogP contribution in [-0.2, 0) is 18.8 Å². The number of hydrogen-bond donors (Lipinski definition) is 1. The molecule has 2 aromatic heterocycles. The van der Waals surface area contributed by atoms with Gasteiger partial charge in [-0.05, 0) is 24.6 Å². The number of benzene rings is 1. The monoisotopic (exact) mass is 435 g/mol. The molecule has 0 fully saturated rings. The van der Waals surface area contributed by atoms with Gasteiger partial charge in [-0.3, -0.25) is 9.20 Å². The zero-order valence-corrected chi connectivity index (χ0v) is 15.4. The van der Waals surface area contributed by atoms with Gasteiger partial charge in [-0.15, -0.1) is 0 Å². The Morgan fingerprint density at radius 1 is 1.14 bits per heavy atom. The summed E-state index contributed by atoms with van der Waals surface area (Å²) >= 11 is 5.90. The maximum atomic E-state index is 13.2. The predicted molar refractivity (Wildman–Crippen MR) is 94.0 cm³/mol. The fourth-order valence-electron chi connectivity index (χ4n) is 2.81. The molecule has 29 heavy (non-hydrogen) atoms. The van der Waals surface area contributed by atoms with Crippen molar-refractivity contribution in [2.24, 2.45) is 0 Å². The molecule has 0 bridgehead atoms. The van der Waals surface area contributed by atoms with Crippen molar-refractivity contribution >= 4 is 28.8 Å². The highest BCUT2D eigenvalue weighted by Gasteiger charge is 2.35. The number of fused-ring (bicyclic) bond motifs is 1. The molecule has 4 nitrogen and oxygen atoms in total. The number of pyridine rings is 1. The summed E-state index contributed by atoms with van der Waals surface area (Å²) in [5.41, 5.74) is -3.08. The Labute approximate surface area is 165 Å². The zero-order chi connectivity index (χ0) is 21.6. The van der Waals surface area contributed by atoms with E-state index in [1.165, 1.54) is 6.07 Å². The molecule has 0 unspecified atom stereocenters. The van der Waals surface area contributed by atoms with Gasteiger partial charge in [0, 0.05) is 6.20 Å². The number of carbonyl (C=O) groups excluding carboxylic acids is 1. The average molecular weight is 436 g/mol. The smallest absolute Gasteiger partial charge is 0.320 e. The Kier molecular flexibility index (Phi) is 5.24. The van der Waals surface area contributed by atoms with Crippen molar-refractivity contribution in [2.45, 2.75) is 25.7 Å². The molecule has 3 aromatic rings. The third-order valence-electron chi connectivity index (χ3n) is 4.11. The number of para-hydroxylation sites is 1. The highest BCUT2D eigenvalue weighted by Crippen LogP contribution is 2.36. The topological polar surface area (TPSA) is 46.4 Å². The van der Waals surface area contributed by atoms with Crippen molar-refractivity contribution in [3.8, 4) is 0 Å². The molecule has 0 aliphatic carbocycles. The number of aromatic nitrogens is 2. The summed E-state index contributed by atoms with van der Waals surface area (Å²) in [7, 11) is 0. The molecular formula is C18H12ClF6N3O. The third-order valence-corrected chi connectivity index (χ3v) is 4.38. The molecule has 0 aliphatic rings. The summed E-state index contributed by atoms with van der Waals surface area (Å²) in [6, 6.07) is 4.94. The van der Waals surface area contributed by atoms with E-state index in [1.807, 2.05) is 0 Å². The minimum absolute atomic E-state index is 0.0909. The second-order valence-corrected chi connectivity index (χ2v) is 6.43. The first kappa shape index (κ1) is 21.0. The first-order valence-corrected chi connectivity index (χ1v) is 8.56. The lowest BCUT2D eigenvalue weighted by Gasteiger charge is -2.14. The van der Waals surface area contributed by atoms with Crippen LogP contribution in [0.15, 0.2) is 36.5 Å². The summed E-state index contributed by atoms with van der Waals surface area (Å²) in [6.07, 6.45) is -8.70. The number of hydrogen-bond acceptors (Lipinski definition) is 2. The number of nitrogens with one attached hydrogen (secondary N) is 1. The second-order valence-electron chi connectivity index (χ2n) is 6.03. The summed E-state index contributed by atoms with van der Waals surface area (Å²) in [4.78, 5) is 16.8. The molecule has 154 valence electrons. The van der Waals surface area contributed by atoms with Crippen LogP contribution in [0.2, 0.25) is 5.02 Å². The van der Waals surface area contributed by atoms with E-state index in [4.69, 9.17) is 11.6 Å². The zero-order valence-electron chi connectivity index (χ0n) is 14.6. The molecule has 1 N–H and O–H groups in total. The van der Waals surface area contributed by atoms with Gasteiger partial charge in [0.05, 0.1) is 27.5 Å². The largest absolute Gasteiger partial charge is 0.418 e. The van der Waals surface area contributed by atoms with E-state index < -0.39 is 35.1 Å². The van der Waals surface area contributed by atoms with E-state index in [2.05, 4.69) is 10.3 Å². The Morgan fingerprint density at radius 2 is 1.79 bits per heavy atom. The lowest BCUT2D eigenvalue weighted by Crippen LogP contribution is -2.19. The van der Waals surface area contributed by atoms with Gasteiger partial charge in [0.25, 0.3) is 5.91 Å². The van der Waals surface area contributed by atoms with Crippen LogP contribution in [0.5, 0.6) is 0 Å². The normalized spacial score (nSPS) is 12.4. The van der Waals surface area contributed by atoms with E-state index in [1.54, 1.807) is 6.92 Å². The number of aryl methyl sites for hydroxylation is 1. The third kappa shape index (κ3) is 4.02. The Bertz CT molecular complexity index is 1090. The van der Waals surface area contributed by atoms with E-state index in [0.717, 1.165) is 22.6 Å². The first-order chi connectivity index (χ1) is 13.4. The van der Waals surface area contributed by atoms with Crippen LogP contribution in [0.4, 0.5) is 32.0 Å². The minimum atomic E-state index is -4.74. The van der Waals surface area contributed by atoms with Gasteiger partial charge < -0.3 is 5.32 Å². The standard InChI is InChI=1S/C18H12ClF6N3O/c1-2-12-14(16(29)27-13-6-4-3-5-10(13)18(23,24)25)28-8-9(17(20,21)22)7-11(19)15(28)26-12/h3-8H,2H2,1H3,(H,27,29). The number of carbonyl (C=O) groups is 1. The lowest BCUT2D eigenvalue weighted by molar-refractivity contribution is -0.138. The number of halogens is 7. The van der Waals surface area contributed by atoms with Gasteiger partial charge in [0.2, 0.25) is 0 Å². The molecule has 11 heteroatoms. The van der Waals surface area contributed by atoms with E-state index in [9.17, 15) is 31.1 Å². The van der Waals surface area contributed by atoms with Crippen molar-refractivity contribution in [3.05, 3.63) is 64.1 Å². The van der Waals surface area contributed by atoms with Crippen LogP contribution in [-0.4, -0.2) is 15.3 Å². The van der Waals surface area contributed by atoms with Gasteiger partial charge in [-0.2, -0.15) is 26.3 Å². The number of amides is 1. The highest BCUT2D eigenvalue weighted by molar-refractivity contribution is 6.33. The number of rotatable bonds is 3. The molecule has 0 spiro atoms. The maximum absolute atomic E-state index is 13.2. The first-order valence-electron chi connectivity index (χ1n) is 8.18. The summed E-state index contributed by atoms with van der Waals surface area (Å²) in [5.74, 6) is -1.04. The molecule has 2 heterocycles. The number of imidazole rings is 1. The van der Waals surface area contributed by atoms with Gasteiger partial charge in [0.15, 0.2) is 5.65 Å². The van der Waals surface area contributed by atoms with Crippen LogP contribution in [0.25, 0.3) is 5.65 Å². The van der Waals surface area contributed by atoms with Crippen molar-refractivity contribution < 1.29 is 31.1 Å². The minimum Gasteiger partial charge on any atom is -0.320 e. The molecule has 1 aromatic carbocycles. The van der Waals surface area contributed by atoms with Crippen LogP contribution in [0, 0.1) is 0 Å². The molecule has 1 amide bonds. The molecule has 3 rings (SSSR count). The van der Waals surface area contributed by atoms with Crippen LogP contribution in [0.3, 0.4) is 0 Å². The molecule has 0 saturated heterocycles. The van der Waals surface area contributed by atoms with Crippen LogP contribution >= 0.6 is 11.6 Å². The average Bonchev–Trinajstić information content (AvgIpc) is 3.00. The number of anilines is 1. The molecule has 0 atom stereocenters. The maximum Gasteiger partial charge on any atom is 0.418 e. The molecular weight excluding hydrogens is 424 g/mol. The van der Waals surface area contributed by atoms with Gasteiger partial charge >= 0.3 is 12.4 Å². The molecule has 0 radical (unpaired) electrons. The SMILES string of the molecule is CCc1nc2c(Cl)cc(C(F)(F)F)cn2c1C(=O)Nc1ccccc1C(F)(F)F. The van der Waals surface area contributed by atoms with E-state index in [-0.39, 0.29) is 28.5 Å². The Balaban J connectivity index is 2.14. The van der Waals surface area contributed by atoms with Gasteiger partial charge in [-0.25, -0.2) is 4.98 Å². The fourth-order valence-corrected chi connectivity index (χ4v) is 3.06. The van der Waals surface area contributed by atoms with E-state index in [0.29, 0.717) is 12.3 Å². The second kappa shape index (κ2) is 7.25. The van der Waals surface area contributed by atoms with Crippen molar-refractivity contribution in [2.75, 3.05) is 5.32 Å². The fraction of sp³-hybridized carbons (Fsp3) is 0.222. The highest BCUT2D eigenvalue weighted by atomic mass is 35.5. The van der Waals surface area contributed by atoms with Crippen molar-refractivity contribution in [3.63, 3.8) is 0 Å². The molecule has 0 saturated carbocycles. The van der Waals surface area contributed by atoms with Gasteiger partial charge in [0.1, 0.15) is 5.69 Å². The quantitative estimate of drug-likeness (QED) is 0.525. The number of nitrogens with zero attached hydrogens (tertiary/aromatic N) is 2. The van der Waals surface area contributed by atoms with E-state index >= 15 is 0 Å². The van der Waals surface area contributed by atoms with Gasteiger partial charge in [-0.1, -0.05) is 30.7 Å². The Hall–Kier alpha value is -2.75. The molecule has 0 aliphatic heterocycles.